The van der Waals surface area contributed by atoms with Crippen LogP contribution in [0.4, 0.5) is 4.39 Å². The van der Waals surface area contributed by atoms with Crippen molar-refractivity contribution < 1.29 is 14.0 Å². The summed E-state index contributed by atoms with van der Waals surface area (Å²) in [6, 6.07) is 6.13. The van der Waals surface area contributed by atoms with Gasteiger partial charge in [0.1, 0.15) is 5.82 Å². The summed E-state index contributed by atoms with van der Waals surface area (Å²) in [5.41, 5.74) is 1.04. The number of likely N-dealkylation sites (tertiary alicyclic amines) is 1. The highest BCUT2D eigenvalue weighted by Gasteiger charge is 2.29. The summed E-state index contributed by atoms with van der Waals surface area (Å²) in [5.74, 6) is -0.569. The molecular formula is C14H16FNO2. The molecule has 0 bridgehead atoms. The number of hydrogen-bond donors (Lipinski definition) is 0. The Bertz CT molecular complexity index is 430. The van der Waals surface area contributed by atoms with Crippen molar-refractivity contribution in [2.75, 3.05) is 13.1 Å². The van der Waals surface area contributed by atoms with Gasteiger partial charge >= 0.3 is 0 Å². The van der Waals surface area contributed by atoms with Gasteiger partial charge < -0.3 is 0 Å². The van der Waals surface area contributed by atoms with Gasteiger partial charge in [-0.15, -0.1) is 0 Å². The third-order valence-electron chi connectivity index (χ3n) is 3.41. The van der Waals surface area contributed by atoms with Gasteiger partial charge in [0.2, 0.25) is 5.78 Å². The molecule has 2 rings (SSSR count). The molecule has 0 aliphatic carbocycles. The number of ketones is 1. The molecule has 1 heterocycles. The Morgan fingerprint density at radius 3 is 2.78 bits per heavy atom. The van der Waals surface area contributed by atoms with E-state index in [2.05, 4.69) is 0 Å². The quantitative estimate of drug-likeness (QED) is 0.587. The molecule has 0 aromatic heterocycles. The second kappa shape index (κ2) is 5.87. The van der Waals surface area contributed by atoms with Crippen LogP contribution < -0.4 is 0 Å². The number of halogens is 1. The molecule has 0 spiro atoms. The minimum absolute atomic E-state index is 0.242. The molecule has 1 fully saturated rings. The van der Waals surface area contributed by atoms with Gasteiger partial charge in [-0.1, -0.05) is 12.1 Å². The highest BCUT2D eigenvalue weighted by molar-refractivity contribution is 6.27. The molecule has 0 amide bonds. The minimum Gasteiger partial charge on any atom is -0.295 e. The summed E-state index contributed by atoms with van der Waals surface area (Å²) in [6.45, 7) is 1.58. The van der Waals surface area contributed by atoms with Gasteiger partial charge in [-0.05, 0) is 43.5 Å². The first-order valence-corrected chi connectivity index (χ1v) is 6.18. The zero-order valence-corrected chi connectivity index (χ0v) is 10.1. The van der Waals surface area contributed by atoms with Crippen LogP contribution in [0.25, 0.3) is 0 Å². The number of aldehydes is 1. The zero-order valence-electron chi connectivity index (χ0n) is 10.1. The lowest BCUT2D eigenvalue weighted by Gasteiger charge is -2.21. The molecule has 1 atom stereocenters. The molecule has 1 aliphatic rings. The highest BCUT2D eigenvalue weighted by Crippen LogP contribution is 2.18. The number of benzene rings is 1. The van der Waals surface area contributed by atoms with E-state index in [0.717, 1.165) is 37.9 Å². The molecule has 1 saturated heterocycles. The van der Waals surface area contributed by atoms with Crippen molar-refractivity contribution in [3.05, 3.63) is 35.6 Å². The second-order valence-corrected chi connectivity index (χ2v) is 4.59. The van der Waals surface area contributed by atoms with Crippen molar-refractivity contribution in [3.8, 4) is 0 Å². The van der Waals surface area contributed by atoms with E-state index >= 15 is 0 Å². The Labute approximate surface area is 106 Å². The molecule has 18 heavy (non-hydrogen) atoms. The predicted octanol–water partition coefficient (Wildman–Crippen LogP) is 1.60. The van der Waals surface area contributed by atoms with Crippen molar-refractivity contribution in [3.63, 3.8) is 0 Å². The van der Waals surface area contributed by atoms with Crippen LogP contribution in [0.2, 0.25) is 0 Å². The Morgan fingerprint density at radius 2 is 2.11 bits per heavy atom. The average molecular weight is 249 g/mol. The first kappa shape index (κ1) is 12.9. The number of nitrogens with zero attached hydrogens (tertiary/aromatic N) is 1. The molecular weight excluding hydrogens is 233 g/mol. The maximum absolute atomic E-state index is 12.7. The van der Waals surface area contributed by atoms with Crippen molar-refractivity contribution in [2.24, 2.45) is 0 Å². The fraction of sp³-hybridized carbons (Fsp3) is 0.429. The second-order valence-electron chi connectivity index (χ2n) is 4.59. The zero-order chi connectivity index (χ0) is 13.0. The van der Waals surface area contributed by atoms with Crippen LogP contribution in [0.1, 0.15) is 18.4 Å². The summed E-state index contributed by atoms with van der Waals surface area (Å²) in [7, 11) is 0. The van der Waals surface area contributed by atoms with E-state index in [9.17, 15) is 14.0 Å². The summed E-state index contributed by atoms with van der Waals surface area (Å²) in [6.07, 6.45) is 2.90. The summed E-state index contributed by atoms with van der Waals surface area (Å²) < 4.78 is 12.7. The van der Waals surface area contributed by atoms with Gasteiger partial charge in [0.15, 0.2) is 6.29 Å². The lowest BCUT2D eigenvalue weighted by molar-refractivity contribution is -0.132. The van der Waals surface area contributed by atoms with Crippen LogP contribution in [0.5, 0.6) is 0 Å². The van der Waals surface area contributed by atoms with E-state index in [1.165, 1.54) is 12.1 Å². The van der Waals surface area contributed by atoms with Crippen molar-refractivity contribution in [2.45, 2.75) is 25.3 Å². The van der Waals surface area contributed by atoms with Gasteiger partial charge in [0, 0.05) is 6.54 Å². The van der Waals surface area contributed by atoms with Gasteiger partial charge in [0.05, 0.1) is 6.04 Å². The maximum Gasteiger partial charge on any atom is 0.212 e. The van der Waals surface area contributed by atoms with Crippen molar-refractivity contribution in [1.29, 1.82) is 0 Å². The van der Waals surface area contributed by atoms with Gasteiger partial charge in [0.25, 0.3) is 0 Å². The molecule has 3 nitrogen and oxygen atoms in total. The third kappa shape index (κ3) is 3.01. The lowest BCUT2D eigenvalue weighted by Crippen LogP contribution is -2.37. The van der Waals surface area contributed by atoms with E-state index in [-0.39, 0.29) is 17.6 Å². The Kier molecular flexibility index (Phi) is 4.20. The molecule has 1 unspecified atom stereocenters. The predicted molar refractivity (Wildman–Crippen MR) is 65.8 cm³/mol. The molecule has 1 aliphatic heterocycles. The van der Waals surface area contributed by atoms with Crippen LogP contribution in [0, 0.1) is 5.82 Å². The topological polar surface area (TPSA) is 37.4 Å². The van der Waals surface area contributed by atoms with E-state index in [4.69, 9.17) is 0 Å². The van der Waals surface area contributed by atoms with Crippen LogP contribution >= 0.6 is 0 Å². The lowest BCUT2D eigenvalue weighted by atomic mass is 10.1. The Hall–Kier alpha value is -1.55. The molecule has 0 radical (unpaired) electrons. The number of carbonyl (C=O) groups is 2. The monoisotopic (exact) mass is 249 g/mol. The van der Waals surface area contributed by atoms with Crippen LogP contribution in [0.15, 0.2) is 24.3 Å². The van der Waals surface area contributed by atoms with Gasteiger partial charge in [-0.25, -0.2) is 4.39 Å². The number of Topliss-reactive ketones (excluding diaryl/α,β-unsaturated/α-hetero) is 1. The van der Waals surface area contributed by atoms with Crippen LogP contribution in [-0.4, -0.2) is 36.1 Å². The van der Waals surface area contributed by atoms with Crippen LogP contribution in [-0.2, 0) is 16.0 Å². The first-order valence-electron chi connectivity index (χ1n) is 6.18. The van der Waals surface area contributed by atoms with Gasteiger partial charge in [-0.3, -0.25) is 14.5 Å². The first-order chi connectivity index (χ1) is 8.70. The summed E-state index contributed by atoms with van der Waals surface area (Å²) in [5, 5.41) is 0. The highest BCUT2D eigenvalue weighted by atomic mass is 19.1. The maximum atomic E-state index is 12.7. The molecule has 1 aromatic carbocycles. The summed E-state index contributed by atoms with van der Waals surface area (Å²) in [4.78, 5) is 24.0. The minimum atomic E-state index is -0.327. The standard InChI is InChI=1S/C14H16FNO2/c15-12-5-3-11(4-6-12)7-9-16-8-1-2-13(16)14(18)10-17/h3-6,10,13H,1-2,7-9H2. The van der Waals surface area contributed by atoms with E-state index in [0.29, 0.717) is 6.29 Å². The molecule has 96 valence electrons. The Balaban J connectivity index is 1.91. The summed E-state index contributed by atoms with van der Waals surface area (Å²) >= 11 is 0. The third-order valence-corrected chi connectivity index (χ3v) is 3.41. The number of hydrogen-bond acceptors (Lipinski definition) is 3. The SMILES string of the molecule is O=CC(=O)C1CCCN1CCc1ccc(F)cc1. The van der Waals surface area contributed by atoms with Crippen molar-refractivity contribution >= 4 is 12.1 Å². The van der Waals surface area contributed by atoms with Gasteiger partial charge in [-0.2, -0.15) is 0 Å². The van der Waals surface area contributed by atoms with E-state index < -0.39 is 0 Å². The smallest absolute Gasteiger partial charge is 0.212 e. The van der Waals surface area contributed by atoms with E-state index in [1.54, 1.807) is 12.1 Å². The van der Waals surface area contributed by atoms with Crippen molar-refractivity contribution in [1.82, 2.24) is 4.90 Å². The molecule has 4 heteroatoms. The number of carbonyl (C=O) groups excluding carboxylic acids is 2. The molecule has 1 aromatic rings. The normalized spacial score (nSPS) is 19.9. The van der Waals surface area contributed by atoms with Crippen LogP contribution in [0.3, 0.4) is 0 Å². The molecule has 0 saturated carbocycles. The fourth-order valence-electron chi connectivity index (χ4n) is 2.42. The number of rotatable bonds is 5. The molecule has 0 N–H and O–H groups in total. The largest absolute Gasteiger partial charge is 0.295 e. The average Bonchev–Trinajstić information content (AvgIpc) is 2.85. The van der Waals surface area contributed by atoms with E-state index in [1.807, 2.05) is 4.90 Å². The Morgan fingerprint density at radius 1 is 1.39 bits per heavy atom. The fourth-order valence-corrected chi connectivity index (χ4v) is 2.42.